The number of carbonyl (C=O) groups excluding carboxylic acids is 1. The van der Waals surface area contributed by atoms with Crippen molar-refractivity contribution < 1.29 is 13.6 Å². The molecule has 0 aliphatic heterocycles. The van der Waals surface area contributed by atoms with E-state index in [0.29, 0.717) is 12.2 Å². The highest BCUT2D eigenvalue weighted by atomic mass is 16.3. The van der Waals surface area contributed by atoms with Crippen molar-refractivity contribution >= 4 is 5.78 Å². The third kappa shape index (κ3) is 2.67. The van der Waals surface area contributed by atoms with Crippen LogP contribution in [0.15, 0.2) is 33.1 Å². The van der Waals surface area contributed by atoms with E-state index in [1.165, 1.54) is 0 Å². The molecule has 0 saturated carbocycles. The smallest absolute Gasteiger partial charge is 0.198 e. The van der Waals surface area contributed by atoms with Crippen LogP contribution in [-0.4, -0.2) is 5.78 Å². The van der Waals surface area contributed by atoms with Gasteiger partial charge in [-0.05, 0) is 38.1 Å². The van der Waals surface area contributed by atoms with Gasteiger partial charge in [-0.2, -0.15) is 0 Å². The first-order valence-electron chi connectivity index (χ1n) is 5.72. The fourth-order valence-electron chi connectivity index (χ4n) is 1.78. The Morgan fingerprint density at radius 1 is 1.12 bits per heavy atom. The van der Waals surface area contributed by atoms with Crippen LogP contribution in [-0.2, 0) is 0 Å². The zero-order chi connectivity index (χ0) is 12.4. The summed E-state index contributed by atoms with van der Waals surface area (Å²) in [6, 6.07) is 7.35. The molecule has 2 aromatic rings. The van der Waals surface area contributed by atoms with Crippen molar-refractivity contribution in [1.82, 2.24) is 0 Å². The second-order valence-corrected chi connectivity index (χ2v) is 4.39. The minimum absolute atomic E-state index is 0.0136. The molecule has 1 atom stereocenters. The van der Waals surface area contributed by atoms with Gasteiger partial charge in [0.25, 0.3) is 0 Å². The molecule has 0 bridgehead atoms. The predicted octanol–water partition coefficient (Wildman–Crippen LogP) is 3.87. The predicted molar refractivity (Wildman–Crippen MR) is 64.3 cm³/mol. The number of hydrogen-bond acceptors (Lipinski definition) is 3. The van der Waals surface area contributed by atoms with Crippen LogP contribution in [0.25, 0.3) is 0 Å². The van der Waals surface area contributed by atoms with E-state index in [4.69, 9.17) is 8.83 Å². The number of Topliss-reactive ketones (excluding diaryl/α,β-unsaturated/α-hetero) is 1. The summed E-state index contributed by atoms with van der Waals surface area (Å²) >= 11 is 0. The van der Waals surface area contributed by atoms with Gasteiger partial charge in [-0.3, -0.25) is 4.79 Å². The first-order valence-corrected chi connectivity index (χ1v) is 5.72. The highest BCUT2D eigenvalue weighted by Gasteiger charge is 2.17. The first-order chi connectivity index (χ1) is 8.06. The number of carbonyl (C=O) groups is 1. The van der Waals surface area contributed by atoms with Gasteiger partial charge in [-0.25, -0.2) is 0 Å². The van der Waals surface area contributed by atoms with Gasteiger partial charge in [0, 0.05) is 12.3 Å². The number of hydrogen-bond donors (Lipinski definition) is 0. The standard InChI is InChI=1S/C14H16O3/c1-9(13-6-4-10(2)16-13)8-12(15)14-7-5-11(3)17-14/h4-7,9H,8H2,1-3H3. The normalized spacial score (nSPS) is 12.6. The Morgan fingerprint density at radius 3 is 2.29 bits per heavy atom. The maximum absolute atomic E-state index is 11.9. The molecule has 90 valence electrons. The number of ketones is 1. The molecule has 3 heteroatoms. The van der Waals surface area contributed by atoms with Crippen molar-refractivity contribution in [3.8, 4) is 0 Å². The van der Waals surface area contributed by atoms with Crippen molar-refractivity contribution in [2.24, 2.45) is 0 Å². The largest absolute Gasteiger partial charge is 0.466 e. The fraction of sp³-hybridized carbons (Fsp3) is 0.357. The summed E-state index contributed by atoms with van der Waals surface area (Å²) in [6.45, 7) is 5.70. The molecule has 3 nitrogen and oxygen atoms in total. The average molecular weight is 232 g/mol. The summed E-state index contributed by atoms with van der Waals surface area (Å²) in [5.41, 5.74) is 0. The van der Waals surface area contributed by atoms with E-state index in [1.54, 1.807) is 12.1 Å². The summed E-state index contributed by atoms with van der Waals surface area (Å²) in [4.78, 5) is 11.9. The second kappa shape index (κ2) is 4.62. The lowest BCUT2D eigenvalue weighted by molar-refractivity contribution is 0.0944. The van der Waals surface area contributed by atoms with Crippen LogP contribution in [0.5, 0.6) is 0 Å². The van der Waals surface area contributed by atoms with E-state index >= 15 is 0 Å². The Labute approximate surface area is 100 Å². The maximum Gasteiger partial charge on any atom is 0.198 e. The van der Waals surface area contributed by atoms with Gasteiger partial charge in [0.1, 0.15) is 17.3 Å². The molecule has 0 amide bonds. The van der Waals surface area contributed by atoms with E-state index < -0.39 is 0 Å². The van der Waals surface area contributed by atoms with Crippen molar-refractivity contribution in [1.29, 1.82) is 0 Å². The minimum Gasteiger partial charge on any atom is -0.466 e. The van der Waals surface area contributed by atoms with E-state index in [1.807, 2.05) is 32.9 Å². The number of aryl methyl sites for hydroxylation is 2. The molecule has 17 heavy (non-hydrogen) atoms. The van der Waals surface area contributed by atoms with Gasteiger partial charge in [0.05, 0.1) is 0 Å². The molecule has 0 spiro atoms. The van der Waals surface area contributed by atoms with Crippen LogP contribution < -0.4 is 0 Å². The third-order valence-corrected chi connectivity index (χ3v) is 2.75. The third-order valence-electron chi connectivity index (χ3n) is 2.75. The Kier molecular flexibility index (Phi) is 3.18. The van der Waals surface area contributed by atoms with Crippen LogP contribution in [0.4, 0.5) is 0 Å². The maximum atomic E-state index is 11.9. The van der Waals surface area contributed by atoms with Crippen LogP contribution in [0.1, 0.15) is 47.1 Å². The molecule has 0 saturated heterocycles. The summed E-state index contributed by atoms with van der Waals surface area (Å²) in [5, 5.41) is 0. The van der Waals surface area contributed by atoms with Gasteiger partial charge >= 0.3 is 0 Å². The Hall–Kier alpha value is -1.77. The summed E-state index contributed by atoms with van der Waals surface area (Å²) in [6.07, 6.45) is 0.403. The molecule has 0 N–H and O–H groups in total. The van der Waals surface area contributed by atoms with Crippen molar-refractivity contribution in [3.63, 3.8) is 0 Å². The molecule has 0 radical (unpaired) electrons. The molecule has 0 aliphatic carbocycles. The van der Waals surface area contributed by atoms with E-state index in [0.717, 1.165) is 17.3 Å². The van der Waals surface area contributed by atoms with Gasteiger partial charge in [-0.15, -0.1) is 0 Å². The molecule has 2 rings (SSSR count). The van der Waals surface area contributed by atoms with Crippen molar-refractivity contribution in [3.05, 3.63) is 47.3 Å². The van der Waals surface area contributed by atoms with Crippen molar-refractivity contribution in [2.75, 3.05) is 0 Å². The lowest BCUT2D eigenvalue weighted by Gasteiger charge is -2.05. The summed E-state index contributed by atoms with van der Waals surface area (Å²) in [5.74, 6) is 2.99. The lowest BCUT2D eigenvalue weighted by atomic mass is 10.0. The molecule has 2 heterocycles. The summed E-state index contributed by atoms with van der Waals surface area (Å²) < 4.78 is 10.8. The van der Waals surface area contributed by atoms with Crippen LogP contribution in [0.2, 0.25) is 0 Å². The molecular weight excluding hydrogens is 216 g/mol. The fourth-order valence-corrected chi connectivity index (χ4v) is 1.78. The Balaban J connectivity index is 2.04. The van der Waals surface area contributed by atoms with Gasteiger partial charge < -0.3 is 8.83 Å². The number of furan rings is 2. The van der Waals surface area contributed by atoms with Gasteiger partial charge in [0.2, 0.25) is 0 Å². The van der Waals surface area contributed by atoms with Crippen LogP contribution in [0, 0.1) is 13.8 Å². The monoisotopic (exact) mass is 232 g/mol. The van der Waals surface area contributed by atoms with Crippen LogP contribution in [0.3, 0.4) is 0 Å². The van der Waals surface area contributed by atoms with Gasteiger partial charge in [0.15, 0.2) is 11.5 Å². The SMILES string of the molecule is Cc1ccc(C(=O)CC(C)c2ccc(C)o2)o1. The second-order valence-electron chi connectivity index (χ2n) is 4.39. The van der Waals surface area contributed by atoms with E-state index in [-0.39, 0.29) is 11.7 Å². The molecular formula is C14H16O3. The first kappa shape index (κ1) is 11.7. The van der Waals surface area contributed by atoms with Gasteiger partial charge in [-0.1, -0.05) is 6.92 Å². The topological polar surface area (TPSA) is 43.4 Å². The van der Waals surface area contributed by atoms with E-state index in [9.17, 15) is 4.79 Å². The molecule has 0 aliphatic rings. The Morgan fingerprint density at radius 2 is 1.76 bits per heavy atom. The molecule has 1 unspecified atom stereocenters. The highest BCUT2D eigenvalue weighted by molar-refractivity contribution is 5.93. The minimum atomic E-state index is 0.0136. The zero-order valence-electron chi connectivity index (χ0n) is 10.3. The quantitative estimate of drug-likeness (QED) is 0.751. The number of rotatable bonds is 4. The molecule has 0 fully saturated rings. The zero-order valence-corrected chi connectivity index (χ0v) is 10.3. The lowest BCUT2D eigenvalue weighted by Crippen LogP contribution is -2.03. The van der Waals surface area contributed by atoms with Crippen LogP contribution >= 0.6 is 0 Å². The molecule has 0 aromatic carbocycles. The van der Waals surface area contributed by atoms with Crippen molar-refractivity contribution in [2.45, 2.75) is 33.1 Å². The molecule has 2 aromatic heterocycles. The summed E-state index contributed by atoms with van der Waals surface area (Å²) in [7, 11) is 0. The highest BCUT2D eigenvalue weighted by Crippen LogP contribution is 2.23. The van der Waals surface area contributed by atoms with E-state index in [2.05, 4.69) is 0 Å². The average Bonchev–Trinajstić information content (AvgIpc) is 2.87. The Bertz CT molecular complexity index is 519.